The second-order valence-corrected chi connectivity index (χ2v) is 10.5. The first-order valence-electron chi connectivity index (χ1n) is 10.9. The molecule has 0 aliphatic carbocycles. The van der Waals surface area contributed by atoms with Gasteiger partial charge in [-0.05, 0) is 43.9 Å². The van der Waals surface area contributed by atoms with Crippen LogP contribution in [0.1, 0.15) is 41.1 Å². The normalized spacial score (nSPS) is 12.8. The first kappa shape index (κ1) is 24.8. The molecule has 0 spiro atoms. The van der Waals surface area contributed by atoms with Crippen LogP contribution in [0.4, 0.5) is 0 Å². The maximum absolute atomic E-state index is 13.4. The minimum atomic E-state index is -3.35. The van der Waals surface area contributed by atoms with E-state index in [1.54, 1.807) is 50.5 Å². The minimum absolute atomic E-state index is 0.166. The van der Waals surface area contributed by atoms with Crippen molar-refractivity contribution in [1.82, 2.24) is 29.2 Å². The molecule has 0 fully saturated rings. The van der Waals surface area contributed by atoms with Crippen molar-refractivity contribution in [3.8, 4) is 0 Å². The molecule has 1 aromatic carbocycles. The van der Waals surface area contributed by atoms with Crippen molar-refractivity contribution in [1.29, 1.82) is 0 Å². The number of carbonyl (C=O) groups is 1. The Morgan fingerprint density at radius 2 is 2.03 bits per heavy atom. The van der Waals surface area contributed by atoms with Crippen molar-refractivity contribution in [2.75, 3.05) is 12.8 Å². The van der Waals surface area contributed by atoms with E-state index >= 15 is 0 Å². The quantitative estimate of drug-likeness (QED) is 0.346. The fourth-order valence-corrected chi connectivity index (χ4v) is 4.84. The number of fused-ring (bicyclic) bond motifs is 2. The summed E-state index contributed by atoms with van der Waals surface area (Å²) in [4.78, 5) is 30.9. The second kappa shape index (κ2) is 9.76. The average molecular weight is 517 g/mol. The van der Waals surface area contributed by atoms with Gasteiger partial charge in [0.25, 0.3) is 11.5 Å². The number of hydrogen-bond acceptors (Lipinski definition) is 6. The number of halogens is 1. The number of aromatic nitrogens is 4. The first-order valence-corrected chi connectivity index (χ1v) is 13.2. The number of rotatable bonds is 8. The fraction of sp³-hybridized carbons (Fsp3) is 0.304. The Labute approximate surface area is 207 Å². The summed E-state index contributed by atoms with van der Waals surface area (Å²) in [6.07, 6.45) is 4.75. The van der Waals surface area contributed by atoms with E-state index in [1.165, 1.54) is 9.08 Å². The van der Waals surface area contributed by atoms with Gasteiger partial charge in [0.15, 0.2) is 5.65 Å². The molecule has 3 aromatic heterocycles. The lowest BCUT2D eigenvalue weighted by Crippen LogP contribution is -2.34. The molecule has 0 aliphatic rings. The smallest absolute Gasteiger partial charge is 0.260 e. The van der Waals surface area contributed by atoms with Crippen LogP contribution in [0.25, 0.3) is 16.4 Å². The second-order valence-electron chi connectivity index (χ2n) is 8.29. The molecule has 4 rings (SSSR count). The maximum Gasteiger partial charge on any atom is 0.260 e. The maximum atomic E-state index is 13.4. The Bertz CT molecular complexity index is 1600. The molecule has 1 atom stereocenters. The van der Waals surface area contributed by atoms with Crippen LogP contribution in [0.5, 0.6) is 0 Å². The van der Waals surface area contributed by atoms with Crippen LogP contribution < -0.4 is 15.6 Å². The Morgan fingerprint density at radius 3 is 2.77 bits per heavy atom. The van der Waals surface area contributed by atoms with Crippen molar-refractivity contribution >= 4 is 44.0 Å². The Balaban J connectivity index is 1.70. The summed E-state index contributed by atoms with van der Waals surface area (Å²) in [5.41, 5.74) is 1.58. The highest BCUT2D eigenvalue weighted by atomic mass is 35.5. The van der Waals surface area contributed by atoms with E-state index in [9.17, 15) is 18.0 Å². The summed E-state index contributed by atoms with van der Waals surface area (Å²) in [7, 11) is -3.35. The number of amides is 1. The van der Waals surface area contributed by atoms with Crippen molar-refractivity contribution in [2.45, 2.75) is 32.9 Å². The lowest BCUT2D eigenvalue weighted by Gasteiger charge is -2.21. The molecule has 0 aliphatic heterocycles. The van der Waals surface area contributed by atoms with Gasteiger partial charge in [-0.15, -0.1) is 0 Å². The number of hydrogen-bond donors (Lipinski definition) is 2. The van der Waals surface area contributed by atoms with E-state index in [4.69, 9.17) is 11.6 Å². The third-order valence-electron chi connectivity index (χ3n) is 5.63. The molecule has 4 aromatic rings. The number of benzene rings is 1. The molecular weight excluding hydrogens is 492 g/mol. The van der Waals surface area contributed by atoms with E-state index in [1.807, 2.05) is 6.07 Å². The molecule has 2 N–H and O–H groups in total. The zero-order valence-electron chi connectivity index (χ0n) is 19.4. The zero-order chi connectivity index (χ0) is 25.3. The van der Waals surface area contributed by atoms with Crippen molar-refractivity contribution in [3.05, 3.63) is 75.1 Å². The lowest BCUT2D eigenvalue weighted by atomic mass is 10.1. The summed E-state index contributed by atoms with van der Waals surface area (Å²) in [5.74, 6) is -0.368. The van der Waals surface area contributed by atoms with Crippen LogP contribution in [-0.2, 0) is 16.6 Å². The molecule has 0 radical (unpaired) electrons. The molecule has 1 amide bonds. The molecule has 12 heteroatoms. The van der Waals surface area contributed by atoms with Crippen molar-refractivity contribution in [3.63, 3.8) is 0 Å². The van der Waals surface area contributed by atoms with Gasteiger partial charge in [-0.25, -0.2) is 22.6 Å². The number of aryl methyl sites for hydroxylation is 1. The van der Waals surface area contributed by atoms with E-state index in [0.717, 1.165) is 6.26 Å². The molecule has 3 heterocycles. The SMILES string of the molecule is Cc1nn2cccnc2c1C(=O)N[C@@H](C)c1cc2cccc(Cl)c2c(=O)n1CCCNS(C)(=O)=O. The van der Waals surface area contributed by atoms with Gasteiger partial charge in [0, 0.05) is 31.2 Å². The summed E-state index contributed by atoms with van der Waals surface area (Å²) >= 11 is 6.32. The Morgan fingerprint density at radius 1 is 1.26 bits per heavy atom. The molecule has 10 nitrogen and oxygen atoms in total. The van der Waals surface area contributed by atoms with Crippen LogP contribution in [-0.4, -0.2) is 46.3 Å². The topological polar surface area (TPSA) is 127 Å². The van der Waals surface area contributed by atoms with Gasteiger partial charge in [-0.2, -0.15) is 5.10 Å². The van der Waals surface area contributed by atoms with Gasteiger partial charge in [-0.1, -0.05) is 23.7 Å². The molecule has 35 heavy (non-hydrogen) atoms. The molecule has 0 saturated heterocycles. The number of sulfonamides is 1. The number of nitrogens with zero attached hydrogens (tertiary/aromatic N) is 4. The molecule has 0 unspecified atom stereocenters. The molecular formula is C23H25ClN6O4S. The van der Waals surface area contributed by atoms with Gasteiger partial charge < -0.3 is 9.88 Å². The summed E-state index contributed by atoms with van der Waals surface area (Å²) in [6, 6.07) is 8.17. The lowest BCUT2D eigenvalue weighted by molar-refractivity contribution is 0.0939. The van der Waals surface area contributed by atoms with Gasteiger partial charge in [0.05, 0.1) is 28.4 Å². The van der Waals surface area contributed by atoms with Crippen LogP contribution in [0.3, 0.4) is 0 Å². The number of nitrogens with one attached hydrogen (secondary N) is 2. The highest BCUT2D eigenvalue weighted by Gasteiger charge is 2.22. The summed E-state index contributed by atoms with van der Waals surface area (Å²) in [5, 5.41) is 8.64. The zero-order valence-corrected chi connectivity index (χ0v) is 21.0. The predicted molar refractivity (Wildman–Crippen MR) is 134 cm³/mol. The highest BCUT2D eigenvalue weighted by molar-refractivity contribution is 7.88. The van der Waals surface area contributed by atoms with Gasteiger partial charge in [0.1, 0.15) is 5.56 Å². The first-order chi connectivity index (χ1) is 16.6. The third kappa shape index (κ3) is 5.21. The standard InChI is InChI=1S/C23H25ClN6O4S/c1-14(27-22(31)19-15(2)28-30-12-5-9-25-21(19)30)18-13-16-7-4-8-17(24)20(16)23(32)29(18)11-6-10-26-35(3,33)34/h4-5,7-9,12-14,26H,6,10-11H2,1-3H3,(H,27,31)/t14-/m0/s1. The molecule has 184 valence electrons. The largest absolute Gasteiger partial charge is 0.344 e. The monoisotopic (exact) mass is 516 g/mol. The van der Waals surface area contributed by atoms with E-state index < -0.39 is 16.1 Å². The average Bonchev–Trinajstić information content (AvgIpc) is 3.12. The summed E-state index contributed by atoms with van der Waals surface area (Å²) < 4.78 is 28.3. The summed E-state index contributed by atoms with van der Waals surface area (Å²) in [6.45, 7) is 3.91. The number of pyridine rings is 1. The van der Waals surface area contributed by atoms with Gasteiger partial charge >= 0.3 is 0 Å². The van der Waals surface area contributed by atoms with Crippen molar-refractivity contribution < 1.29 is 13.2 Å². The fourth-order valence-electron chi connectivity index (χ4n) is 4.07. The van der Waals surface area contributed by atoms with E-state index in [-0.39, 0.29) is 24.6 Å². The van der Waals surface area contributed by atoms with E-state index in [0.29, 0.717) is 44.8 Å². The molecule has 0 bridgehead atoms. The van der Waals surface area contributed by atoms with Crippen LogP contribution >= 0.6 is 11.6 Å². The Kier molecular flexibility index (Phi) is 6.93. The highest BCUT2D eigenvalue weighted by Crippen LogP contribution is 2.24. The van der Waals surface area contributed by atoms with Crippen LogP contribution in [0, 0.1) is 6.92 Å². The Hall–Kier alpha value is -3.28. The van der Waals surface area contributed by atoms with E-state index in [2.05, 4.69) is 20.1 Å². The van der Waals surface area contributed by atoms with Gasteiger partial charge in [0.2, 0.25) is 10.0 Å². The third-order valence-corrected chi connectivity index (χ3v) is 6.67. The van der Waals surface area contributed by atoms with Crippen molar-refractivity contribution in [2.24, 2.45) is 0 Å². The number of carbonyl (C=O) groups excluding carboxylic acids is 1. The minimum Gasteiger partial charge on any atom is -0.344 e. The molecule has 0 saturated carbocycles. The van der Waals surface area contributed by atoms with Crippen LogP contribution in [0.2, 0.25) is 5.02 Å². The predicted octanol–water partition coefficient (Wildman–Crippen LogP) is 2.44. The van der Waals surface area contributed by atoms with Gasteiger partial charge in [-0.3, -0.25) is 9.59 Å². The van der Waals surface area contributed by atoms with Crippen LogP contribution in [0.15, 0.2) is 47.5 Å².